The zero-order valence-corrected chi connectivity index (χ0v) is 23.3. The number of pyridine rings is 1. The predicted molar refractivity (Wildman–Crippen MR) is 147 cm³/mol. The number of anilines is 3. The highest BCUT2D eigenvalue weighted by atomic mass is 32.1. The van der Waals surface area contributed by atoms with Gasteiger partial charge in [-0.3, -0.25) is 4.79 Å². The van der Waals surface area contributed by atoms with Crippen LogP contribution in [0.1, 0.15) is 45.9 Å². The predicted octanol–water partition coefficient (Wildman–Crippen LogP) is 5.71. The summed E-state index contributed by atoms with van der Waals surface area (Å²) in [5.41, 5.74) is 1.43. The minimum atomic E-state index is -4.48. The van der Waals surface area contributed by atoms with Crippen LogP contribution >= 0.6 is 22.7 Å². The molecule has 0 aliphatic carbocycles. The number of piperidine rings is 1. The number of hydrogen-bond acceptors (Lipinski definition) is 10. The number of hydrogen-bond donors (Lipinski definition) is 1. The van der Waals surface area contributed by atoms with Crippen molar-refractivity contribution in [3.63, 3.8) is 0 Å². The number of fused-ring (bicyclic) bond motifs is 2. The van der Waals surface area contributed by atoms with Crippen LogP contribution in [0.5, 0.6) is 0 Å². The fourth-order valence-electron chi connectivity index (χ4n) is 5.29. The molecule has 14 heteroatoms. The fourth-order valence-corrected chi connectivity index (χ4v) is 6.95. The van der Waals surface area contributed by atoms with E-state index in [0.717, 1.165) is 52.9 Å². The van der Waals surface area contributed by atoms with Gasteiger partial charge in [0.05, 0.1) is 32.4 Å². The molecule has 2 bridgehead atoms. The molecular weight excluding hydrogens is 561 g/mol. The van der Waals surface area contributed by atoms with E-state index in [9.17, 15) is 18.0 Å². The number of carbonyl (C=O) groups is 1. The van der Waals surface area contributed by atoms with Crippen molar-refractivity contribution in [1.82, 2.24) is 29.8 Å². The average Bonchev–Trinajstić information content (AvgIpc) is 3.52. The van der Waals surface area contributed by atoms with Gasteiger partial charge in [0.2, 0.25) is 5.95 Å². The summed E-state index contributed by atoms with van der Waals surface area (Å²) in [7, 11) is 0. The molecular formula is C26H25F3N8OS2. The van der Waals surface area contributed by atoms with Crippen LogP contribution in [0.4, 0.5) is 30.1 Å². The first-order valence-corrected chi connectivity index (χ1v) is 14.4. The Labute approximate surface area is 236 Å². The molecule has 2 aliphatic heterocycles. The number of carbonyl (C=O) groups excluding carboxylic acids is 1. The van der Waals surface area contributed by atoms with Crippen LogP contribution in [-0.2, 0) is 6.18 Å². The second-order valence-corrected chi connectivity index (χ2v) is 11.9. The smallest absolute Gasteiger partial charge is 0.337 e. The van der Waals surface area contributed by atoms with Gasteiger partial charge in [-0.05, 0) is 45.2 Å². The van der Waals surface area contributed by atoms with Gasteiger partial charge in [0.1, 0.15) is 5.82 Å². The standard InChI is InChI=1S/C26H25F3N8OS2/c1-14-22(40-15(2)33-14)20-13-39-25(34-20)35-21-7-6-16(8-30-21)23(38)37-18-4-3-5-19(37)12-36(11-18)24-31-9-17(10-32-24)26(27,28)29/h6-10,13,18-19H,3-5,11-12H2,1-2H3,(H,30,34,35)/t18-,19+. The van der Waals surface area contributed by atoms with Crippen LogP contribution in [0.2, 0.25) is 0 Å². The lowest BCUT2D eigenvalue weighted by Crippen LogP contribution is -2.63. The van der Waals surface area contributed by atoms with E-state index in [2.05, 4.69) is 30.2 Å². The molecule has 2 saturated heterocycles. The molecule has 9 nitrogen and oxygen atoms in total. The molecule has 1 N–H and O–H groups in total. The first kappa shape index (κ1) is 26.6. The molecule has 0 aromatic carbocycles. The Kier molecular flexibility index (Phi) is 6.90. The Morgan fingerprint density at radius 3 is 2.35 bits per heavy atom. The molecule has 0 unspecified atom stereocenters. The van der Waals surface area contributed by atoms with Crippen molar-refractivity contribution in [2.24, 2.45) is 0 Å². The molecule has 2 atom stereocenters. The highest BCUT2D eigenvalue weighted by molar-refractivity contribution is 7.16. The molecule has 1 amide bonds. The summed E-state index contributed by atoms with van der Waals surface area (Å²) in [6.45, 7) is 4.87. The number of alkyl halides is 3. The Bertz CT molecular complexity index is 1510. The van der Waals surface area contributed by atoms with E-state index in [1.165, 1.54) is 11.3 Å². The minimum absolute atomic E-state index is 0.0868. The van der Waals surface area contributed by atoms with Gasteiger partial charge in [0.15, 0.2) is 5.13 Å². The van der Waals surface area contributed by atoms with Crippen molar-refractivity contribution in [1.29, 1.82) is 0 Å². The maximum Gasteiger partial charge on any atom is 0.419 e. The molecule has 0 spiro atoms. The summed E-state index contributed by atoms with van der Waals surface area (Å²) < 4.78 is 38.7. The van der Waals surface area contributed by atoms with Crippen molar-refractivity contribution >= 4 is 45.5 Å². The molecule has 2 aliphatic rings. The summed E-state index contributed by atoms with van der Waals surface area (Å²) in [6, 6.07) is 3.34. The third-order valence-corrected chi connectivity index (χ3v) is 8.95. The van der Waals surface area contributed by atoms with Crippen LogP contribution in [-0.4, -0.2) is 60.9 Å². The fraction of sp³-hybridized carbons (Fsp3) is 0.385. The van der Waals surface area contributed by atoms with Crippen molar-refractivity contribution < 1.29 is 18.0 Å². The van der Waals surface area contributed by atoms with E-state index >= 15 is 0 Å². The summed E-state index contributed by atoms with van der Waals surface area (Å²) >= 11 is 3.08. The Hall–Kier alpha value is -3.65. The molecule has 4 aromatic rings. The van der Waals surface area contributed by atoms with Crippen molar-refractivity contribution in [2.75, 3.05) is 23.3 Å². The first-order chi connectivity index (χ1) is 19.2. The van der Waals surface area contributed by atoms with Gasteiger partial charge in [0.25, 0.3) is 5.91 Å². The molecule has 4 aromatic heterocycles. The molecule has 40 heavy (non-hydrogen) atoms. The quantitative estimate of drug-likeness (QED) is 0.317. The zero-order valence-electron chi connectivity index (χ0n) is 21.6. The molecule has 208 valence electrons. The van der Waals surface area contributed by atoms with E-state index in [-0.39, 0.29) is 23.9 Å². The molecule has 6 heterocycles. The molecule has 6 rings (SSSR count). The van der Waals surface area contributed by atoms with Gasteiger partial charge in [0, 0.05) is 49.1 Å². The summed E-state index contributed by atoms with van der Waals surface area (Å²) in [6.07, 6.45) is 1.29. The lowest BCUT2D eigenvalue weighted by Gasteiger charge is -2.50. The Morgan fingerprint density at radius 1 is 1.02 bits per heavy atom. The first-order valence-electron chi connectivity index (χ1n) is 12.8. The zero-order chi connectivity index (χ0) is 28.0. The lowest BCUT2D eigenvalue weighted by atomic mass is 9.90. The third kappa shape index (κ3) is 5.24. The van der Waals surface area contributed by atoms with E-state index in [1.807, 2.05) is 29.0 Å². The largest absolute Gasteiger partial charge is 0.419 e. The lowest BCUT2D eigenvalue weighted by molar-refractivity contribution is -0.138. The molecule has 0 radical (unpaired) electrons. The van der Waals surface area contributed by atoms with Gasteiger partial charge in [-0.25, -0.2) is 24.9 Å². The normalized spacial score (nSPS) is 19.1. The van der Waals surface area contributed by atoms with Crippen molar-refractivity contribution in [3.8, 4) is 10.6 Å². The van der Waals surface area contributed by atoms with Gasteiger partial charge >= 0.3 is 6.18 Å². The number of rotatable bonds is 5. The second kappa shape index (κ2) is 10.4. The van der Waals surface area contributed by atoms with Crippen LogP contribution in [0.3, 0.4) is 0 Å². The molecule has 0 saturated carbocycles. The number of nitrogens with zero attached hydrogens (tertiary/aromatic N) is 7. The van der Waals surface area contributed by atoms with Gasteiger partial charge < -0.3 is 15.1 Å². The SMILES string of the molecule is Cc1nc(C)c(-c2csc(Nc3ccc(C(=O)N4[C@@H]5CCC[C@H]4CN(c4ncc(C(F)(F)F)cn4)C5)cn3)n2)s1. The Morgan fingerprint density at radius 2 is 1.75 bits per heavy atom. The van der Waals surface area contributed by atoms with E-state index in [0.29, 0.717) is 29.6 Å². The maximum atomic E-state index is 13.6. The van der Waals surface area contributed by atoms with E-state index < -0.39 is 11.7 Å². The van der Waals surface area contributed by atoms with E-state index in [4.69, 9.17) is 0 Å². The molecule has 2 fully saturated rings. The van der Waals surface area contributed by atoms with Crippen LogP contribution in [0, 0.1) is 13.8 Å². The third-order valence-electron chi connectivity index (χ3n) is 7.09. The Balaban J connectivity index is 1.12. The van der Waals surface area contributed by atoms with Gasteiger partial charge in [-0.2, -0.15) is 13.2 Å². The topological polar surface area (TPSA) is 100 Å². The number of aryl methyl sites for hydroxylation is 2. The second-order valence-electron chi connectivity index (χ2n) is 9.87. The monoisotopic (exact) mass is 586 g/mol. The number of nitrogens with one attached hydrogen (secondary N) is 1. The highest BCUT2D eigenvalue weighted by Gasteiger charge is 2.41. The van der Waals surface area contributed by atoms with Gasteiger partial charge in [-0.15, -0.1) is 22.7 Å². The van der Waals surface area contributed by atoms with Crippen LogP contribution in [0.15, 0.2) is 36.1 Å². The number of piperazine rings is 1. The average molecular weight is 587 g/mol. The van der Waals surface area contributed by atoms with Crippen LogP contribution in [0.25, 0.3) is 10.6 Å². The van der Waals surface area contributed by atoms with E-state index in [1.54, 1.807) is 29.7 Å². The van der Waals surface area contributed by atoms with Crippen molar-refractivity contribution in [3.05, 3.63) is 57.9 Å². The summed E-state index contributed by atoms with van der Waals surface area (Å²) in [4.78, 5) is 39.9. The number of halogens is 3. The minimum Gasteiger partial charge on any atom is -0.337 e. The highest BCUT2D eigenvalue weighted by Crippen LogP contribution is 2.34. The van der Waals surface area contributed by atoms with Crippen LogP contribution < -0.4 is 10.2 Å². The summed E-state index contributed by atoms with van der Waals surface area (Å²) in [5, 5.41) is 6.88. The number of amides is 1. The van der Waals surface area contributed by atoms with Gasteiger partial charge in [-0.1, -0.05) is 0 Å². The number of aromatic nitrogens is 5. The summed E-state index contributed by atoms with van der Waals surface area (Å²) in [5.74, 6) is 0.730. The number of thiazole rings is 2. The maximum absolute atomic E-state index is 13.6. The van der Waals surface area contributed by atoms with Crippen molar-refractivity contribution in [2.45, 2.75) is 51.4 Å².